The van der Waals surface area contributed by atoms with E-state index in [1.807, 2.05) is 31.5 Å². The third-order valence-electron chi connectivity index (χ3n) is 3.70. The summed E-state index contributed by atoms with van der Waals surface area (Å²) in [5.74, 6) is 0.694. The molecule has 6 nitrogen and oxygen atoms in total. The van der Waals surface area contributed by atoms with Crippen molar-refractivity contribution < 1.29 is 13.2 Å². The molecular formula is C17H31F3N6. The molecule has 1 heterocycles. The topological polar surface area (TPSA) is 57.5 Å². The molecule has 0 aliphatic carbocycles. The summed E-state index contributed by atoms with van der Waals surface area (Å²) in [6.07, 6.45) is -2.67. The number of nitrogens with zero attached hydrogens (tertiary/aromatic N) is 4. The number of hydrogen-bond acceptors (Lipinski definition) is 3. The van der Waals surface area contributed by atoms with E-state index in [4.69, 9.17) is 0 Å². The molecule has 0 atom stereocenters. The first-order valence-electron chi connectivity index (χ1n) is 9.00. The maximum Gasteiger partial charge on any atom is 0.401 e. The van der Waals surface area contributed by atoms with Gasteiger partial charge in [0.25, 0.3) is 0 Å². The van der Waals surface area contributed by atoms with Crippen molar-refractivity contribution in [3.05, 3.63) is 17.5 Å². The van der Waals surface area contributed by atoms with E-state index in [0.717, 1.165) is 30.9 Å². The molecule has 0 saturated heterocycles. The van der Waals surface area contributed by atoms with Gasteiger partial charge in [-0.25, -0.2) is 0 Å². The molecule has 2 N–H and O–H groups in total. The van der Waals surface area contributed by atoms with Gasteiger partial charge < -0.3 is 10.6 Å². The second-order valence-corrected chi connectivity index (χ2v) is 6.40. The van der Waals surface area contributed by atoms with Gasteiger partial charge in [0, 0.05) is 31.9 Å². The van der Waals surface area contributed by atoms with Crippen LogP contribution in [0, 0.1) is 13.8 Å². The third kappa shape index (κ3) is 9.65. The fraction of sp³-hybridized carbons (Fsp3) is 0.765. The fourth-order valence-corrected chi connectivity index (χ4v) is 2.60. The summed E-state index contributed by atoms with van der Waals surface area (Å²) in [6, 6.07) is 2.05. The Bertz CT molecular complexity index is 553. The van der Waals surface area contributed by atoms with E-state index in [1.54, 1.807) is 0 Å². The van der Waals surface area contributed by atoms with Crippen LogP contribution in [0.1, 0.15) is 31.2 Å². The van der Waals surface area contributed by atoms with E-state index in [9.17, 15) is 13.2 Å². The van der Waals surface area contributed by atoms with Crippen LogP contribution in [0.15, 0.2) is 11.1 Å². The van der Waals surface area contributed by atoms with Crippen molar-refractivity contribution in [3.63, 3.8) is 0 Å². The minimum atomic E-state index is -4.15. The summed E-state index contributed by atoms with van der Waals surface area (Å²) in [5, 5.41) is 10.7. The van der Waals surface area contributed by atoms with Gasteiger partial charge in [-0.2, -0.15) is 18.3 Å². The second-order valence-electron chi connectivity index (χ2n) is 6.40. The lowest BCUT2D eigenvalue weighted by Crippen LogP contribution is -2.39. The molecule has 0 fully saturated rings. The summed E-state index contributed by atoms with van der Waals surface area (Å²) in [4.78, 5) is 5.78. The first kappa shape index (κ1) is 22.3. The summed E-state index contributed by atoms with van der Waals surface area (Å²) >= 11 is 0. The van der Waals surface area contributed by atoms with Crippen molar-refractivity contribution >= 4 is 5.96 Å². The van der Waals surface area contributed by atoms with Gasteiger partial charge in [-0.05, 0) is 53.3 Å². The molecule has 0 radical (unpaired) electrons. The van der Waals surface area contributed by atoms with E-state index >= 15 is 0 Å². The van der Waals surface area contributed by atoms with Crippen molar-refractivity contribution in [1.82, 2.24) is 25.3 Å². The van der Waals surface area contributed by atoms with Crippen molar-refractivity contribution in [2.24, 2.45) is 4.99 Å². The lowest BCUT2D eigenvalue weighted by Gasteiger charge is -2.18. The number of hydrogen-bond donors (Lipinski definition) is 2. The highest BCUT2D eigenvalue weighted by Crippen LogP contribution is 2.15. The molecule has 0 spiro atoms. The van der Waals surface area contributed by atoms with Crippen LogP contribution in [-0.4, -0.2) is 66.6 Å². The predicted molar refractivity (Wildman–Crippen MR) is 98.5 cm³/mol. The molecule has 0 aliphatic heterocycles. The van der Waals surface area contributed by atoms with Crippen LogP contribution in [0.3, 0.4) is 0 Å². The van der Waals surface area contributed by atoms with Gasteiger partial charge in [-0.1, -0.05) is 0 Å². The van der Waals surface area contributed by atoms with Gasteiger partial charge in [0.1, 0.15) is 0 Å². The maximum absolute atomic E-state index is 12.3. The number of nitrogens with one attached hydrogen (secondary N) is 2. The Morgan fingerprint density at radius 3 is 2.58 bits per heavy atom. The smallest absolute Gasteiger partial charge is 0.357 e. The van der Waals surface area contributed by atoms with E-state index in [-0.39, 0.29) is 0 Å². The summed E-state index contributed by atoms with van der Waals surface area (Å²) < 4.78 is 38.8. The molecule has 0 saturated carbocycles. The van der Waals surface area contributed by atoms with Crippen molar-refractivity contribution in [1.29, 1.82) is 0 Å². The highest BCUT2D eigenvalue weighted by atomic mass is 19.4. The van der Waals surface area contributed by atoms with Crippen LogP contribution in [0.4, 0.5) is 13.2 Å². The molecule has 150 valence electrons. The Kier molecular flexibility index (Phi) is 9.47. The molecule has 0 unspecified atom stereocenters. The molecule has 0 amide bonds. The molecule has 0 bridgehead atoms. The SMILES string of the molecule is CCNC(=NCCCn1nc(C)cc1C)NCCCN(C)CC(F)(F)F. The van der Waals surface area contributed by atoms with E-state index in [0.29, 0.717) is 32.0 Å². The molecule has 1 aromatic heterocycles. The van der Waals surface area contributed by atoms with Crippen LogP contribution in [0.2, 0.25) is 0 Å². The Labute approximate surface area is 153 Å². The highest BCUT2D eigenvalue weighted by Gasteiger charge is 2.28. The van der Waals surface area contributed by atoms with E-state index < -0.39 is 12.7 Å². The van der Waals surface area contributed by atoms with E-state index in [2.05, 4.69) is 20.7 Å². The Morgan fingerprint density at radius 2 is 2.00 bits per heavy atom. The zero-order valence-electron chi connectivity index (χ0n) is 16.2. The van der Waals surface area contributed by atoms with Gasteiger partial charge in [-0.15, -0.1) is 0 Å². The summed E-state index contributed by atoms with van der Waals surface area (Å²) in [6.45, 7) is 8.25. The highest BCUT2D eigenvalue weighted by molar-refractivity contribution is 5.79. The zero-order valence-corrected chi connectivity index (χ0v) is 16.2. The van der Waals surface area contributed by atoms with Crippen LogP contribution >= 0.6 is 0 Å². The molecule has 0 aromatic carbocycles. The fourth-order valence-electron chi connectivity index (χ4n) is 2.60. The number of aliphatic imine (C=N–C) groups is 1. The van der Waals surface area contributed by atoms with Crippen molar-refractivity contribution in [3.8, 4) is 0 Å². The van der Waals surface area contributed by atoms with Crippen LogP contribution in [0.5, 0.6) is 0 Å². The number of alkyl halides is 3. The number of rotatable bonds is 10. The molecule has 1 aromatic rings. The Morgan fingerprint density at radius 1 is 1.27 bits per heavy atom. The molecule has 26 heavy (non-hydrogen) atoms. The largest absolute Gasteiger partial charge is 0.401 e. The second kappa shape index (κ2) is 11.1. The molecule has 9 heteroatoms. The Balaban J connectivity index is 2.29. The number of halogens is 3. The minimum Gasteiger partial charge on any atom is -0.357 e. The quantitative estimate of drug-likeness (QED) is 0.374. The van der Waals surface area contributed by atoms with Crippen molar-refractivity contribution in [2.45, 2.75) is 46.3 Å². The summed E-state index contributed by atoms with van der Waals surface area (Å²) in [7, 11) is 1.48. The predicted octanol–water partition coefficient (Wildman–Crippen LogP) is 2.33. The lowest BCUT2D eigenvalue weighted by molar-refractivity contribution is -0.143. The van der Waals surface area contributed by atoms with Gasteiger partial charge in [0.15, 0.2) is 5.96 Å². The first-order valence-corrected chi connectivity index (χ1v) is 9.00. The monoisotopic (exact) mass is 376 g/mol. The third-order valence-corrected chi connectivity index (χ3v) is 3.70. The van der Waals surface area contributed by atoms with Crippen LogP contribution in [0.25, 0.3) is 0 Å². The maximum atomic E-state index is 12.3. The number of guanidine groups is 1. The first-order chi connectivity index (χ1) is 12.2. The molecular weight excluding hydrogens is 345 g/mol. The van der Waals surface area contributed by atoms with Gasteiger partial charge in [0.05, 0.1) is 12.2 Å². The number of aromatic nitrogens is 2. The zero-order chi connectivity index (χ0) is 19.6. The van der Waals surface area contributed by atoms with Gasteiger partial charge in [0.2, 0.25) is 0 Å². The Hall–Kier alpha value is -1.77. The van der Waals surface area contributed by atoms with E-state index in [1.165, 1.54) is 11.9 Å². The molecule has 0 aliphatic rings. The van der Waals surface area contributed by atoms with Gasteiger partial charge in [-0.3, -0.25) is 14.6 Å². The van der Waals surface area contributed by atoms with Crippen LogP contribution in [-0.2, 0) is 6.54 Å². The van der Waals surface area contributed by atoms with Crippen LogP contribution < -0.4 is 10.6 Å². The number of aryl methyl sites for hydroxylation is 3. The average molecular weight is 376 g/mol. The normalized spacial score (nSPS) is 12.7. The lowest BCUT2D eigenvalue weighted by atomic mass is 10.4. The minimum absolute atomic E-state index is 0.379. The average Bonchev–Trinajstić information content (AvgIpc) is 2.83. The summed E-state index contributed by atoms with van der Waals surface area (Å²) in [5.41, 5.74) is 2.15. The standard InChI is InChI=1S/C17H31F3N6/c1-5-21-16(22-8-6-10-25(4)13-17(18,19)20)23-9-7-11-26-15(3)12-14(2)24-26/h12H,5-11,13H2,1-4H3,(H2,21,22,23). The molecule has 1 rings (SSSR count). The van der Waals surface area contributed by atoms with Gasteiger partial charge >= 0.3 is 6.18 Å². The van der Waals surface area contributed by atoms with Crippen molar-refractivity contribution in [2.75, 3.05) is 39.8 Å².